The quantitative estimate of drug-likeness (QED) is 0.0199. The van der Waals surface area contributed by atoms with E-state index in [1.165, 1.54) is 135 Å². The highest BCUT2D eigenvalue weighted by atomic mass is 31.2. The number of aliphatic hydroxyl groups is 1. The molecule has 368 valence electrons. The molecule has 0 aliphatic rings. The number of esters is 1. The lowest BCUT2D eigenvalue weighted by Crippen LogP contribution is -2.43. The van der Waals surface area contributed by atoms with Crippen LogP contribution >= 0.6 is 7.82 Å². The van der Waals surface area contributed by atoms with Gasteiger partial charge < -0.3 is 25.2 Å². The Balaban J connectivity index is 3.81. The number of phosphoric ester groups is 1. The standard InChI is InChI=1S/C51H94NO10P/c1-3-5-7-9-11-13-15-17-19-21-22-23-24-25-26-27-29-31-33-35-37-39-41-43-50(55)60-44-47(53)45-61-63(58,59)62-46-48(51(56)57)52-49(54)42-40-38-36-34-32-30-28-20-18-16-14-12-10-8-6-4-2/h14,16-17,19-20,28,47-48,53H,3-13,15,18,21-27,29-46H2,1-2H3,(H,52,54)(H,56,57)(H,58,59)/b16-14-,19-17+,28-20-. The summed E-state index contributed by atoms with van der Waals surface area (Å²) >= 11 is 0. The van der Waals surface area contributed by atoms with Crippen LogP contribution in [0.4, 0.5) is 0 Å². The molecule has 0 saturated carbocycles. The predicted octanol–water partition coefficient (Wildman–Crippen LogP) is 14.0. The smallest absolute Gasteiger partial charge is 0.472 e. The third-order valence-electron chi connectivity index (χ3n) is 11.2. The number of carbonyl (C=O) groups is 3. The minimum Gasteiger partial charge on any atom is -0.480 e. The van der Waals surface area contributed by atoms with E-state index in [2.05, 4.69) is 55.6 Å². The number of rotatable bonds is 48. The lowest BCUT2D eigenvalue weighted by molar-refractivity contribution is -0.147. The van der Waals surface area contributed by atoms with Crippen LogP contribution in [-0.2, 0) is 32.7 Å². The first-order valence-corrected chi connectivity index (χ1v) is 27.0. The second-order valence-corrected chi connectivity index (χ2v) is 18.8. The molecule has 0 spiro atoms. The second kappa shape index (κ2) is 46.2. The summed E-state index contributed by atoms with van der Waals surface area (Å²) in [7, 11) is -4.76. The van der Waals surface area contributed by atoms with Gasteiger partial charge in [-0.05, 0) is 70.6 Å². The van der Waals surface area contributed by atoms with E-state index in [-0.39, 0.29) is 12.8 Å². The van der Waals surface area contributed by atoms with Crippen molar-refractivity contribution in [2.24, 2.45) is 0 Å². The molecule has 0 saturated heterocycles. The minimum atomic E-state index is -4.76. The number of nitrogens with one attached hydrogen (secondary N) is 1. The van der Waals surface area contributed by atoms with Crippen LogP contribution in [0.5, 0.6) is 0 Å². The van der Waals surface area contributed by atoms with Gasteiger partial charge in [0.05, 0.1) is 13.2 Å². The monoisotopic (exact) mass is 912 g/mol. The number of aliphatic hydroxyl groups excluding tert-OH is 1. The molecule has 0 aromatic heterocycles. The third-order valence-corrected chi connectivity index (χ3v) is 12.1. The fraction of sp³-hybridized carbons (Fsp3) is 0.824. The molecule has 0 aromatic rings. The predicted molar refractivity (Wildman–Crippen MR) is 259 cm³/mol. The van der Waals surface area contributed by atoms with Gasteiger partial charge in [0, 0.05) is 12.8 Å². The van der Waals surface area contributed by atoms with E-state index < -0.39 is 57.6 Å². The molecule has 12 heteroatoms. The molecule has 0 aliphatic carbocycles. The molecule has 0 heterocycles. The maximum atomic E-state index is 12.3. The van der Waals surface area contributed by atoms with Crippen molar-refractivity contribution in [1.82, 2.24) is 5.32 Å². The molecule has 0 radical (unpaired) electrons. The first-order valence-electron chi connectivity index (χ1n) is 25.5. The van der Waals surface area contributed by atoms with Crippen LogP contribution in [-0.4, -0.2) is 64.9 Å². The molecular formula is C51H94NO10P. The number of unbranched alkanes of at least 4 members (excludes halogenated alkanes) is 28. The summed E-state index contributed by atoms with van der Waals surface area (Å²) in [4.78, 5) is 46.1. The van der Waals surface area contributed by atoms with Crippen LogP contribution in [0.2, 0.25) is 0 Å². The van der Waals surface area contributed by atoms with Gasteiger partial charge in [0.1, 0.15) is 12.7 Å². The molecular weight excluding hydrogens is 818 g/mol. The van der Waals surface area contributed by atoms with E-state index in [0.717, 1.165) is 64.2 Å². The Morgan fingerprint density at radius 2 is 0.873 bits per heavy atom. The molecule has 3 unspecified atom stereocenters. The SMILES string of the molecule is CCCCCC/C=C\C/C=C\CCCCCCCC(=O)NC(COP(=O)(O)OCC(O)COC(=O)CCCCCCCCCCCCCCC/C=C/CCCCCCCC)C(=O)O. The van der Waals surface area contributed by atoms with Crippen molar-refractivity contribution >= 4 is 25.7 Å². The maximum Gasteiger partial charge on any atom is 0.472 e. The number of amides is 1. The Bertz CT molecular complexity index is 1210. The summed E-state index contributed by atoms with van der Waals surface area (Å²) in [5.41, 5.74) is 0. The highest BCUT2D eigenvalue weighted by Crippen LogP contribution is 2.43. The van der Waals surface area contributed by atoms with E-state index >= 15 is 0 Å². The van der Waals surface area contributed by atoms with Gasteiger partial charge in [-0.2, -0.15) is 0 Å². The average molecular weight is 912 g/mol. The lowest BCUT2D eigenvalue weighted by atomic mass is 10.0. The molecule has 0 rings (SSSR count). The van der Waals surface area contributed by atoms with Crippen molar-refractivity contribution in [3.8, 4) is 0 Å². The fourth-order valence-electron chi connectivity index (χ4n) is 7.16. The van der Waals surface area contributed by atoms with Gasteiger partial charge in [0.25, 0.3) is 0 Å². The van der Waals surface area contributed by atoms with Crippen LogP contribution in [0.25, 0.3) is 0 Å². The van der Waals surface area contributed by atoms with Crippen molar-refractivity contribution in [2.75, 3.05) is 19.8 Å². The fourth-order valence-corrected chi connectivity index (χ4v) is 7.94. The Morgan fingerprint density at radius 3 is 1.32 bits per heavy atom. The highest BCUT2D eigenvalue weighted by molar-refractivity contribution is 7.47. The van der Waals surface area contributed by atoms with E-state index in [4.69, 9.17) is 13.8 Å². The summed E-state index contributed by atoms with van der Waals surface area (Å²) in [5, 5.41) is 21.9. The third kappa shape index (κ3) is 46.0. The highest BCUT2D eigenvalue weighted by Gasteiger charge is 2.28. The Hall–Kier alpha value is -2.30. The van der Waals surface area contributed by atoms with Gasteiger partial charge in [0.2, 0.25) is 5.91 Å². The second-order valence-electron chi connectivity index (χ2n) is 17.4. The number of carbonyl (C=O) groups excluding carboxylic acids is 2. The van der Waals surface area contributed by atoms with Gasteiger partial charge in [-0.15, -0.1) is 0 Å². The van der Waals surface area contributed by atoms with E-state index in [1.807, 2.05) is 0 Å². The van der Waals surface area contributed by atoms with E-state index in [9.17, 15) is 34.1 Å². The molecule has 3 atom stereocenters. The molecule has 0 aromatic carbocycles. The Morgan fingerprint density at radius 1 is 0.508 bits per heavy atom. The first-order chi connectivity index (χ1) is 30.6. The van der Waals surface area contributed by atoms with Gasteiger partial charge in [0.15, 0.2) is 6.04 Å². The summed E-state index contributed by atoms with van der Waals surface area (Å²) < 4.78 is 26.9. The minimum absolute atomic E-state index is 0.130. The van der Waals surface area contributed by atoms with E-state index in [1.54, 1.807) is 0 Å². The largest absolute Gasteiger partial charge is 0.480 e. The maximum absolute atomic E-state index is 12.3. The zero-order chi connectivity index (χ0) is 46.3. The van der Waals surface area contributed by atoms with Crippen LogP contribution in [0.15, 0.2) is 36.5 Å². The number of hydrogen-bond acceptors (Lipinski definition) is 8. The van der Waals surface area contributed by atoms with Crippen LogP contribution in [0.1, 0.15) is 239 Å². The van der Waals surface area contributed by atoms with Crippen molar-refractivity contribution < 1.29 is 47.8 Å². The van der Waals surface area contributed by atoms with Crippen molar-refractivity contribution in [2.45, 2.75) is 251 Å². The summed E-state index contributed by atoms with van der Waals surface area (Å²) in [6.07, 6.45) is 51.7. The number of carboxylic acid groups (broad SMARTS) is 1. The van der Waals surface area contributed by atoms with E-state index in [0.29, 0.717) is 12.8 Å². The molecule has 11 nitrogen and oxygen atoms in total. The molecule has 1 amide bonds. The number of allylic oxidation sites excluding steroid dienone is 6. The van der Waals surface area contributed by atoms with Gasteiger partial charge in [-0.25, -0.2) is 9.36 Å². The zero-order valence-electron chi connectivity index (χ0n) is 40.1. The summed E-state index contributed by atoms with van der Waals surface area (Å²) in [5.74, 6) is -2.38. The van der Waals surface area contributed by atoms with Crippen LogP contribution in [0, 0.1) is 0 Å². The summed E-state index contributed by atoms with van der Waals surface area (Å²) in [6.45, 7) is 2.59. The van der Waals surface area contributed by atoms with Gasteiger partial charge in [-0.3, -0.25) is 18.6 Å². The number of carboxylic acids is 1. The first kappa shape index (κ1) is 60.7. The lowest BCUT2D eigenvalue weighted by Gasteiger charge is -2.18. The topological polar surface area (TPSA) is 169 Å². The molecule has 0 fully saturated rings. The summed E-state index contributed by atoms with van der Waals surface area (Å²) in [6, 6.07) is -1.55. The molecule has 0 bridgehead atoms. The van der Waals surface area contributed by atoms with Crippen molar-refractivity contribution in [1.29, 1.82) is 0 Å². The molecule has 4 N–H and O–H groups in total. The number of hydrogen-bond donors (Lipinski definition) is 4. The zero-order valence-corrected chi connectivity index (χ0v) is 41.0. The van der Waals surface area contributed by atoms with Crippen LogP contribution in [0.3, 0.4) is 0 Å². The molecule has 63 heavy (non-hydrogen) atoms. The van der Waals surface area contributed by atoms with Crippen molar-refractivity contribution in [3.63, 3.8) is 0 Å². The van der Waals surface area contributed by atoms with Gasteiger partial charge >= 0.3 is 19.8 Å². The molecule has 0 aliphatic heterocycles. The number of aliphatic carboxylic acids is 1. The van der Waals surface area contributed by atoms with Crippen LogP contribution < -0.4 is 5.32 Å². The van der Waals surface area contributed by atoms with Crippen molar-refractivity contribution in [3.05, 3.63) is 36.5 Å². The number of ether oxygens (including phenoxy) is 1. The van der Waals surface area contributed by atoms with Gasteiger partial charge in [-0.1, -0.05) is 192 Å². The Labute approximate surface area is 384 Å². The normalized spacial score (nSPS) is 13.8. The Kier molecular flexibility index (Phi) is 44.5. The number of phosphoric acid groups is 1. The average Bonchev–Trinajstić information content (AvgIpc) is 3.26.